The highest BCUT2D eigenvalue weighted by Crippen LogP contribution is 2.64. The average Bonchev–Trinajstić information content (AvgIpc) is 2.93. The third-order valence-corrected chi connectivity index (χ3v) is 8.19. The summed E-state index contributed by atoms with van der Waals surface area (Å²) in [5, 5.41) is 9.55. The van der Waals surface area contributed by atoms with Crippen molar-refractivity contribution in [1.82, 2.24) is 0 Å². The molecule has 7 atom stereocenters. The summed E-state index contributed by atoms with van der Waals surface area (Å²) in [6.45, 7) is 4.52. The number of carbonyl (C=O) groups excluding carboxylic acids is 2. The van der Waals surface area contributed by atoms with Crippen molar-refractivity contribution in [2.45, 2.75) is 64.9 Å². The molecule has 4 nitrogen and oxygen atoms in total. The summed E-state index contributed by atoms with van der Waals surface area (Å²) in [6.07, 6.45) is 8.93. The summed E-state index contributed by atoms with van der Waals surface area (Å²) >= 11 is 0. The minimum atomic E-state index is -0.373. The summed E-state index contributed by atoms with van der Waals surface area (Å²) in [6, 6.07) is 0. The predicted molar refractivity (Wildman–Crippen MR) is 98.5 cm³/mol. The van der Waals surface area contributed by atoms with Gasteiger partial charge in [-0.3, -0.25) is 9.59 Å². The molecule has 3 fully saturated rings. The molecule has 3 saturated carbocycles. The number of allylic oxidation sites excluding steroid dienone is 1. The first-order valence-corrected chi connectivity index (χ1v) is 10.5. The lowest BCUT2D eigenvalue weighted by atomic mass is 9.51. The normalized spacial score (nSPS) is 44.7. The predicted octanol–water partition coefficient (Wildman–Crippen LogP) is 3.32. The first kappa shape index (κ1) is 18.4. The van der Waals surface area contributed by atoms with E-state index in [0.717, 1.165) is 38.5 Å². The van der Waals surface area contributed by atoms with Gasteiger partial charge in [0.15, 0.2) is 11.6 Å². The van der Waals surface area contributed by atoms with E-state index in [1.807, 2.05) is 13.0 Å². The summed E-state index contributed by atoms with van der Waals surface area (Å²) in [4.78, 5) is 24.4. The zero-order valence-corrected chi connectivity index (χ0v) is 16.1. The zero-order chi connectivity index (χ0) is 18.5. The fraction of sp³-hybridized carbons (Fsp3) is 0.818. The van der Waals surface area contributed by atoms with Crippen LogP contribution in [0, 0.1) is 35.0 Å². The quantitative estimate of drug-likeness (QED) is 0.835. The van der Waals surface area contributed by atoms with Crippen molar-refractivity contribution in [3.8, 4) is 0 Å². The monoisotopic (exact) mass is 360 g/mol. The lowest BCUT2D eigenvalue weighted by Crippen LogP contribution is -2.48. The smallest absolute Gasteiger partial charge is 0.164 e. The SMILES string of the molecule is CCO[C@@H]1C[C@H]2[C@@H]3CCC4=CC(=O)CC[C@@H]4[C@H]3CC[C@]2(C)[C@H]1C(=O)CO. The van der Waals surface area contributed by atoms with Gasteiger partial charge in [0.05, 0.1) is 12.0 Å². The number of ether oxygens (including phenoxy) is 1. The summed E-state index contributed by atoms with van der Waals surface area (Å²) < 4.78 is 6.01. The van der Waals surface area contributed by atoms with E-state index in [2.05, 4.69) is 6.92 Å². The van der Waals surface area contributed by atoms with Crippen LogP contribution in [0.2, 0.25) is 0 Å². The number of hydrogen-bond acceptors (Lipinski definition) is 4. The molecular weight excluding hydrogens is 328 g/mol. The van der Waals surface area contributed by atoms with Gasteiger partial charge >= 0.3 is 0 Å². The second-order valence-electron chi connectivity index (χ2n) is 9.18. The maximum Gasteiger partial charge on any atom is 0.164 e. The number of aliphatic hydroxyl groups excluding tert-OH is 1. The third-order valence-electron chi connectivity index (χ3n) is 8.19. The van der Waals surface area contributed by atoms with Gasteiger partial charge in [0.25, 0.3) is 0 Å². The Morgan fingerprint density at radius 2 is 2.08 bits per heavy atom. The number of hydrogen-bond donors (Lipinski definition) is 1. The van der Waals surface area contributed by atoms with E-state index in [0.29, 0.717) is 42.5 Å². The van der Waals surface area contributed by atoms with Crippen LogP contribution in [0.15, 0.2) is 11.6 Å². The molecule has 1 N–H and O–H groups in total. The summed E-state index contributed by atoms with van der Waals surface area (Å²) in [7, 11) is 0. The second-order valence-corrected chi connectivity index (χ2v) is 9.18. The second kappa shape index (κ2) is 6.87. The average molecular weight is 360 g/mol. The van der Waals surface area contributed by atoms with Crippen LogP contribution in [0.25, 0.3) is 0 Å². The van der Waals surface area contributed by atoms with Gasteiger partial charge in [-0.05, 0) is 80.6 Å². The van der Waals surface area contributed by atoms with Crippen molar-refractivity contribution in [2.24, 2.45) is 35.0 Å². The van der Waals surface area contributed by atoms with Crippen molar-refractivity contribution < 1.29 is 19.4 Å². The molecule has 0 unspecified atom stereocenters. The van der Waals surface area contributed by atoms with Gasteiger partial charge in [0.2, 0.25) is 0 Å². The van der Waals surface area contributed by atoms with E-state index >= 15 is 0 Å². The van der Waals surface area contributed by atoms with Crippen LogP contribution in [0.5, 0.6) is 0 Å². The van der Waals surface area contributed by atoms with Crippen LogP contribution in [0.3, 0.4) is 0 Å². The molecule has 0 aromatic carbocycles. The van der Waals surface area contributed by atoms with Crippen molar-refractivity contribution in [1.29, 1.82) is 0 Å². The summed E-state index contributed by atoms with van der Waals surface area (Å²) in [5.74, 6) is 2.47. The van der Waals surface area contributed by atoms with Gasteiger partial charge in [-0.2, -0.15) is 0 Å². The van der Waals surface area contributed by atoms with Crippen LogP contribution >= 0.6 is 0 Å². The van der Waals surface area contributed by atoms with E-state index in [9.17, 15) is 14.7 Å². The van der Waals surface area contributed by atoms with Gasteiger partial charge in [-0.25, -0.2) is 0 Å². The largest absolute Gasteiger partial charge is 0.389 e. The molecule has 4 rings (SSSR count). The van der Waals surface area contributed by atoms with E-state index in [-0.39, 0.29) is 29.8 Å². The lowest BCUT2D eigenvalue weighted by molar-refractivity contribution is -0.137. The summed E-state index contributed by atoms with van der Waals surface area (Å²) in [5.41, 5.74) is 1.35. The van der Waals surface area contributed by atoms with E-state index in [1.165, 1.54) is 5.57 Å². The molecule has 0 aliphatic heterocycles. The molecular formula is C22H32O4. The van der Waals surface area contributed by atoms with Gasteiger partial charge in [-0.1, -0.05) is 12.5 Å². The minimum Gasteiger partial charge on any atom is -0.389 e. The Morgan fingerprint density at radius 3 is 2.81 bits per heavy atom. The molecule has 0 spiro atoms. The molecule has 26 heavy (non-hydrogen) atoms. The first-order chi connectivity index (χ1) is 12.5. The van der Waals surface area contributed by atoms with Crippen molar-refractivity contribution in [3.63, 3.8) is 0 Å². The Balaban J connectivity index is 1.63. The van der Waals surface area contributed by atoms with Crippen molar-refractivity contribution >= 4 is 11.6 Å². The first-order valence-electron chi connectivity index (χ1n) is 10.5. The van der Waals surface area contributed by atoms with Crippen LogP contribution in [-0.2, 0) is 14.3 Å². The lowest BCUT2D eigenvalue weighted by Gasteiger charge is -2.53. The fourth-order valence-corrected chi connectivity index (χ4v) is 7.22. The maximum atomic E-state index is 12.6. The Bertz CT molecular complexity index is 624. The minimum absolute atomic E-state index is 0.0356. The van der Waals surface area contributed by atoms with E-state index in [4.69, 9.17) is 4.74 Å². The number of carbonyl (C=O) groups is 2. The topological polar surface area (TPSA) is 63.6 Å². The van der Waals surface area contributed by atoms with Gasteiger partial charge in [-0.15, -0.1) is 0 Å². The van der Waals surface area contributed by atoms with Crippen LogP contribution in [-0.4, -0.2) is 36.0 Å². The fourth-order valence-electron chi connectivity index (χ4n) is 7.22. The van der Waals surface area contributed by atoms with Crippen LogP contribution in [0.4, 0.5) is 0 Å². The molecule has 0 amide bonds. The van der Waals surface area contributed by atoms with E-state index < -0.39 is 0 Å². The number of fused-ring (bicyclic) bond motifs is 5. The van der Waals surface area contributed by atoms with Crippen LogP contribution in [0.1, 0.15) is 58.8 Å². The molecule has 4 aliphatic carbocycles. The van der Waals surface area contributed by atoms with Crippen molar-refractivity contribution in [3.05, 3.63) is 11.6 Å². The molecule has 4 heteroatoms. The van der Waals surface area contributed by atoms with Gasteiger partial charge < -0.3 is 9.84 Å². The molecule has 0 radical (unpaired) electrons. The van der Waals surface area contributed by atoms with Crippen molar-refractivity contribution in [2.75, 3.05) is 13.2 Å². The Hall–Kier alpha value is -1.00. The third kappa shape index (κ3) is 2.72. The number of aliphatic hydroxyl groups is 1. The Morgan fingerprint density at radius 1 is 1.27 bits per heavy atom. The molecule has 4 aliphatic rings. The molecule has 0 heterocycles. The number of Topliss-reactive ketones (excluding diaryl/α,β-unsaturated/α-hetero) is 1. The Labute approximate surface area is 156 Å². The molecule has 0 saturated heterocycles. The van der Waals surface area contributed by atoms with E-state index in [1.54, 1.807) is 0 Å². The van der Waals surface area contributed by atoms with Gasteiger partial charge in [0, 0.05) is 13.0 Å². The Kier molecular flexibility index (Phi) is 4.85. The zero-order valence-electron chi connectivity index (χ0n) is 16.1. The number of ketones is 2. The molecule has 0 aromatic rings. The highest BCUT2D eigenvalue weighted by molar-refractivity contribution is 5.91. The van der Waals surface area contributed by atoms with Crippen LogP contribution < -0.4 is 0 Å². The highest BCUT2D eigenvalue weighted by Gasteiger charge is 2.61. The molecule has 0 aromatic heterocycles. The molecule has 144 valence electrons. The maximum absolute atomic E-state index is 12.6. The van der Waals surface area contributed by atoms with Gasteiger partial charge in [0.1, 0.15) is 6.61 Å². The standard InChI is InChI=1S/C22H32O4/c1-3-26-20-11-18-17-6-4-13-10-14(24)5-7-15(13)16(17)8-9-22(18,2)21(20)19(25)12-23/h10,15-18,20-21,23H,3-9,11-12H2,1-2H3/t15-,16+,17+,18-,20+,21-,22-/m0/s1. The number of rotatable bonds is 4. The highest BCUT2D eigenvalue weighted by atomic mass is 16.5. The molecule has 0 bridgehead atoms.